The lowest BCUT2D eigenvalue weighted by Gasteiger charge is -2.27. The van der Waals surface area contributed by atoms with Gasteiger partial charge in [-0.05, 0) is 74.7 Å². The number of rotatable bonds is 6. The summed E-state index contributed by atoms with van der Waals surface area (Å²) in [6, 6.07) is 17.0. The zero-order chi connectivity index (χ0) is 21.6. The summed E-state index contributed by atoms with van der Waals surface area (Å²) in [5.41, 5.74) is 2.36. The molecular formula is C24H25FN4O2. The lowest BCUT2D eigenvalue weighted by Crippen LogP contribution is -2.30. The van der Waals surface area contributed by atoms with Gasteiger partial charge in [0, 0.05) is 24.3 Å². The molecule has 1 saturated heterocycles. The van der Waals surface area contributed by atoms with E-state index in [2.05, 4.69) is 20.4 Å². The van der Waals surface area contributed by atoms with Gasteiger partial charge in [-0.3, -0.25) is 4.79 Å². The first-order chi connectivity index (χ1) is 15.1. The average Bonchev–Trinajstić information content (AvgIpc) is 2.82. The number of aromatic nitrogens is 2. The normalized spacial score (nSPS) is 14.7. The number of piperidine rings is 1. The molecule has 4 rings (SSSR count). The van der Waals surface area contributed by atoms with E-state index in [1.54, 1.807) is 6.92 Å². The molecule has 0 saturated carbocycles. The first kappa shape index (κ1) is 20.8. The van der Waals surface area contributed by atoms with Crippen molar-refractivity contribution < 1.29 is 13.9 Å². The van der Waals surface area contributed by atoms with E-state index in [1.807, 2.05) is 36.4 Å². The zero-order valence-electron chi connectivity index (χ0n) is 17.4. The van der Waals surface area contributed by atoms with Crippen LogP contribution in [0.15, 0.2) is 60.7 Å². The Labute approximate surface area is 181 Å². The van der Waals surface area contributed by atoms with Gasteiger partial charge in [-0.2, -0.15) is 0 Å². The van der Waals surface area contributed by atoms with Gasteiger partial charge in [-0.25, -0.2) is 4.39 Å². The van der Waals surface area contributed by atoms with Crippen molar-refractivity contribution >= 4 is 17.4 Å². The maximum absolute atomic E-state index is 13.0. The molecule has 7 heteroatoms. The van der Waals surface area contributed by atoms with Crippen LogP contribution < -0.4 is 15.0 Å². The molecule has 1 aliphatic heterocycles. The fourth-order valence-corrected chi connectivity index (χ4v) is 3.51. The van der Waals surface area contributed by atoms with Crippen LogP contribution in [0.1, 0.15) is 26.2 Å². The first-order valence-electron chi connectivity index (χ1n) is 10.5. The maximum Gasteiger partial charge on any atom is 0.265 e. The number of anilines is 2. The van der Waals surface area contributed by atoms with Crippen LogP contribution in [0.25, 0.3) is 11.3 Å². The molecule has 6 nitrogen and oxygen atoms in total. The van der Waals surface area contributed by atoms with Crippen LogP contribution in [0.5, 0.6) is 5.75 Å². The van der Waals surface area contributed by atoms with Crippen LogP contribution >= 0.6 is 0 Å². The minimum absolute atomic E-state index is 0.289. The molecule has 1 N–H and O–H groups in total. The largest absolute Gasteiger partial charge is 0.481 e. The molecule has 3 aromatic rings. The Morgan fingerprint density at radius 2 is 1.68 bits per heavy atom. The minimum Gasteiger partial charge on any atom is -0.481 e. The molecule has 1 atom stereocenters. The van der Waals surface area contributed by atoms with Crippen molar-refractivity contribution in [3.8, 4) is 17.0 Å². The van der Waals surface area contributed by atoms with Crippen LogP contribution in [0.3, 0.4) is 0 Å². The number of hydrogen-bond donors (Lipinski definition) is 1. The average molecular weight is 420 g/mol. The number of benzene rings is 2. The second-order valence-corrected chi connectivity index (χ2v) is 7.61. The number of nitrogens with one attached hydrogen (secondary N) is 1. The second-order valence-electron chi connectivity index (χ2n) is 7.61. The molecule has 1 unspecified atom stereocenters. The van der Waals surface area contributed by atoms with E-state index in [1.165, 1.54) is 43.5 Å². The van der Waals surface area contributed by atoms with E-state index in [4.69, 9.17) is 4.74 Å². The third-order valence-electron chi connectivity index (χ3n) is 5.27. The van der Waals surface area contributed by atoms with Crippen LogP contribution in [0, 0.1) is 5.82 Å². The first-order valence-corrected chi connectivity index (χ1v) is 10.5. The smallest absolute Gasteiger partial charge is 0.265 e. The number of amides is 1. The molecule has 1 aliphatic rings. The monoisotopic (exact) mass is 420 g/mol. The molecule has 1 fully saturated rings. The molecule has 31 heavy (non-hydrogen) atoms. The number of ether oxygens (including phenoxy) is 1. The second kappa shape index (κ2) is 9.55. The standard InChI is InChI=1S/C24H25FN4O2/c1-17(31-21-11-7-19(25)8-12-21)24(30)26-20-9-5-18(6-10-20)22-13-14-23(28-27-22)29-15-3-2-4-16-29/h5-14,17H,2-4,15-16H2,1H3,(H,26,30). The molecule has 0 radical (unpaired) electrons. The topological polar surface area (TPSA) is 67.3 Å². The van der Waals surface area contributed by atoms with Gasteiger partial charge in [0.05, 0.1) is 5.69 Å². The Morgan fingerprint density at radius 3 is 2.32 bits per heavy atom. The Kier molecular flexibility index (Phi) is 6.40. The number of halogens is 1. The predicted molar refractivity (Wildman–Crippen MR) is 119 cm³/mol. The Balaban J connectivity index is 1.35. The predicted octanol–water partition coefficient (Wildman–Crippen LogP) is 4.68. The van der Waals surface area contributed by atoms with E-state index < -0.39 is 6.10 Å². The minimum atomic E-state index is -0.724. The quantitative estimate of drug-likeness (QED) is 0.627. The van der Waals surface area contributed by atoms with Gasteiger partial charge < -0.3 is 15.0 Å². The van der Waals surface area contributed by atoms with Crippen molar-refractivity contribution in [1.29, 1.82) is 0 Å². The lowest BCUT2D eigenvalue weighted by molar-refractivity contribution is -0.122. The third kappa shape index (κ3) is 5.36. The van der Waals surface area contributed by atoms with E-state index in [-0.39, 0.29) is 11.7 Å². The number of hydrogen-bond acceptors (Lipinski definition) is 5. The fourth-order valence-electron chi connectivity index (χ4n) is 3.51. The summed E-state index contributed by atoms with van der Waals surface area (Å²) >= 11 is 0. The lowest BCUT2D eigenvalue weighted by atomic mass is 10.1. The molecule has 1 amide bonds. The molecule has 2 aromatic carbocycles. The Bertz CT molecular complexity index is 1000. The van der Waals surface area contributed by atoms with Gasteiger partial charge >= 0.3 is 0 Å². The summed E-state index contributed by atoms with van der Waals surface area (Å²) in [6.07, 6.45) is 2.95. The number of carbonyl (C=O) groups excluding carboxylic acids is 1. The summed E-state index contributed by atoms with van der Waals surface area (Å²) in [5.74, 6) is 0.714. The van der Waals surface area contributed by atoms with Gasteiger partial charge in [-0.1, -0.05) is 12.1 Å². The summed E-state index contributed by atoms with van der Waals surface area (Å²) in [7, 11) is 0. The summed E-state index contributed by atoms with van der Waals surface area (Å²) in [5, 5.41) is 11.6. The van der Waals surface area contributed by atoms with E-state index in [0.29, 0.717) is 11.4 Å². The van der Waals surface area contributed by atoms with Crippen LogP contribution in [0.2, 0.25) is 0 Å². The third-order valence-corrected chi connectivity index (χ3v) is 5.27. The molecule has 0 aliphatic carbocycles. The molecular weight excluding hydrogens is 395 g/mol. The van der Waals surface area contributed by atoms with Gasteiger partial charge in [0.15, 0.2) is 11.9 Å². The Hall–Kier alpha value is -3.48. The molecule has 2 heterocycles. The maximum atomic E-state index is 13.0. The fraction of sp³-hybridized carbons (Fsp3) is 0.292. The molecule has 0 bridgehead atoms. The van der Waals surface area contributed by atoms with Gasteiger partial charge in [0.1, 0.15) is 11.6 Å². The van der Waals surface area contributed by atoms with Crippen molar-refractivity contribution in [3.05, 3.63) is 66.5 Å². The van der Waals surface area contributed by atoms with Crippen molar-refractivity contribution in [2.24, 2.45) is 0 Å². The highest BCUT2D eigenvalue weighted by Crippen LogP contribution is 2.22. The van der Waals surface area contributed by atoms with Gasteiger partial charge in [-0.15, -0.1) is 10.2 Å². The molecule has 160 valence electrons. The number of carbonyl (C=O) groups is 1. The van der Waals surface area contributed by atoms with E-state index in [0.717, 1.165) is 30.2 Å². The number of nitrogens with zero attached hydrogens (tertiary/aromatic N) is 3. The zero-order valence-corrected chi connectivity index (χ0v) is 17.4. The molecule has 1 aromatic heterocycles. The van der Waals surface area contributed by atoms with E-state index >= 15 is 0 Å². The van der Waals surface area contributed by atoms with Crippen LogP contribution in [0.4, 0.5) is 15.9 Å². The molecule has 0 spiro atoms. The summed E-state index contributed by atoms with van der Waals surface area (Å²) in [6.45, 7) is 3.71. The van der Waals surface area contributed by atoms with Gasteiger partial charge in [0.2, 0.25) is 0 Å². The van der Waals surface area contributed by atoms with Crippen molar-refractivity contribution in [1.82, 2.24) is 10.2 Å². The highest BCUT2D eigenvalue weighted by Gasteiger charge is 2.16. The summed E-state index contributed by atoms with van der Waals surface area (Å²) < 4.78 is 18.5. The summed E-state index contributed by atoms with van der Waals surface area (Å²) in [4.78, 5) is 14.7. The Morgan fingerprint density at radius 1 is 0.968 bits per heavy atom. The van der Waals surface area contributed by atoms with E-state index in [9.17, 15) is 9.18 Å². The van der Waals surface area contributed by atoms with Crippen molar-refractivity contribution in [3.63, 3.8) is 0 Å². The van der Waals surface area contributed by atoms with Crippen molar-refractivity contribution in [2.45, 2.75) is 32.3 Å². The van der Waals surface area contributed by atoms with Gasteiger partial charge in [0.25, 0.3) is 5.91 Å². The highest BCUT2D eigenvalue weighted by molar-refractivity contribution is 5.94. The highest BCUT2D eigenvalue weighted by atomic mass is 19.1. The van der Waals surface area contributed by atoms with Crippen molar-refractivity contribution in [2.75, 3.05) is 23.3 Å². The SMILES string of the molecule is CC(Oc1ccc(F)cc1)C(=O)Nc1ccc(-c2ccc(N3CCCCC3)nn2)cc1. The van der Waals surface area contributed by atoms with Crippen LogP contribution in [-0.4, -0.2) is 35.3 Å². The van der Waals surface area contributed by atoms with Crippen LogP contribution in [-0.2, 0) is 4.79 Å².